The molecular formula is C26H17Br2N3O2S2. The molecule has 9 heteroatoms. The SMILES string of the molecule is Cc1ccc(S(=O)(=O)n2cc(-c3csc(-c4c[nH]c5c(Br)cccc45)n3)c3ccc(Br)cc32)cc1. The van der Waals surface area contributed by atoms with Gasteiger partial charge < -0.3 is 4.98 Å². The molecule has 35 heavy (non-hydrogen) atoms. The molecule has 0 aliphatic carbocycles. The lowest BCUT2D eigenvalue weighted by Crippen LogP contribution is -2.11. The molecule has 0 radical (unpaired) electrons. The van der Waals surface area contributed by atoms with Crippen LogP contribution in [0.5, 0.6) is 0 Å². The van der Waals surface area contributed by atoms with Crippen molar-refractivity contribution in [1.82, 2.24) is 13.9 Å². The number of benzene rings is 3. The summed E-state index contributed by atoms with van der Waals surface area (Å²) < 4.78 is 30.4. The number of aromatic amines is 1. The Morgan fingerprint density at radius 1 is 0.971 bits per heavy atom. The van der Waals surface area contributed by atoms with Crippen LogP contribution in [0.1, 0.15) is 5.56 Å². The molecule has 5 nitrogen and oxygen atoms in total. The van der Waals surface area contributed by atoms with Crippen molar-refractivity contribution < 1.29 is 8.42 Å². The van der Waals surface area contributed by atoms with E-state index in [-0.39, 0.29) is 4.90 Å². The second-order valence-electron chi connectivity index (χ2n) is 8.22. The van der Waals surface area contributed by atoms with Crippen LogP contribution in [0, 0.1) is 6.92 Å². The molecule has 6 rings (SSSR count). The third-order valence-electron chi connectivity index (χ3n) is 5.99. The molecule has 3 aromatic carbocycles. The lowest BCUT2D eigenvalue weighted by molar-refractivity contribution is 0.589. The minimum Gasteiger partial charge on any atom is -0.360 e. The van der Waals surface area contributed by atoms with Gasteiger partial charge in [-0.05, 0) is 53.2 Å². The number of H-pyrrole nitrogens is 1. The zero-order chi connectivity index (χ0) is 24.3. The topological polar surface area (TPSA) is 67.8 Å². The summed E-state index contributed by atoms with van der Waals surface area (Å²) in [7, 11) is -3.79. The van der Waals surface area contributed by atoms with E-state index in [1.807, 2.05) is 61.0 Å². The van der Waals surface area contributed by atoms with Crippen molar-refractivity contribution >= 4 is 75.0 Å². The smallest absolute Gasteiger partial charge is 0.268 e. The number of hydrogen-bond donors (Lipinski definition) is 1. The molecule has 0 aliphatic heterocycles. The van der Waals surface area contributed by atoms with Gasteiger partial charge in [-0.15, -0.1) is 11.3 Å². The molecule has 0 saturated heterocycles. The van der Waals surface area contributed by atoms with Gasteiger partial charge in [-0.2, -0.15) is 0 Å². The van der Waals surface area contributed by atoms with Crippen LogP contribution >= 0.6 is 43.2 Å². The Labute approximate surface area is 222 Å². The fourth-order valence-electron chi connectivity index (χ4n) is 4.21. The predicted octanol–water partition coefficient (Wildman–Crippen LogP) is 7.98. The molecule has 0 atom stereocenters. The van der Waals surface area contributed by atoms with E-state index >= 15 is 0 Å². The van der Waals surface area contributed by atoms with Gasteiger partial charge >= 0.3 is 0 Å². The summed E-state index contributed by atoms with van der Waals surface area (Å²) in [6.07, 6.45) is 3.64. The van der Waals surface area contributed by atoms with Gasteiger partial charge in [0.2, 0.25) is 0 Å². The average Bonchev–Trinajstić information content (AvgIpc) is 3.56. The van der Waals surface area contributed by atoms with Gasteiger partial charge in [0.25, 0.3) is 10.0 Å². The fourth-order valence-corrected chi connectivity index (χ4v) is 7.25. The van der Waals surface area contributed by atoms with Crippen LogP contribution in [-0.4, -0.2) is 22.4 Å². The number of nitrogens with zero attached hydrogens (tertiary/aromatic N) is 2. The highest BCUT2D eigenvalue weighted by molar-refractivity contribution is 9.11. The molecule has 0 bridgehead atoms. The third kappa shape index (κ3) is 3.78. The van der Waals surface area contributed by atoms with Crippen molar-refractivity contribution in [3.8, 4) is 21.8 Å². The zero-order valence-corrected chi connectivity index (χ0v) is 23.1. The van der Waals surface area contributed by atoms with E-state index in [0.717, 1.165) is 52.6 Å². The summed E-state index contributed by atoms with van der Waals surface area (Å²) in [4.78, 5) is 8.48. The largest absolute Gasteiger partial charge is 0.360 e. The van der Waals surface area contributed by atoms with E-state index in [9.17, 15) is 8.42 Å². The molecule has 0 spiro atoms. The highest BCUT2D eigenvalue weighted by Gasteiger charge is 2.23. The van der Waals surface area contributed by atoms with Crippen LogP contribution < -0.4 is 0 Å². The Bertz CT molecular complexity index is 1850. The standard InChI is InChI=1S/C26H17Br2N3O2S2/c1-15-5-8-17(9-6-15)35(32,33)31-13-21(18-10-7-16(27)11-24(18)31)23-14-34-26(30-23)20-12-29-25-19(20)3-2-4-22(25)28/h2-14,29H,1H3. The Morgan fingerprint density at radius 2 is 1.77 bits per heavy atom. The summed E-state index contributed by atoms with van der Waals surface area (Å²) in [5.41, 5.74) is 5.14. The quantitative estimate of drug-likeness (QED) is 0.216. The van der Waals surface area contributed by atoms with E-state index < -0.39 is 10.0 Å². The molecule has 3 aromatic heterocycles. The third-order valence-corrected chi connectivity index (χ3v) is 9.70. The summed E-state index contributed by atoms with van der Waals surface area (Å²) in [6.45, 7) is 1.93. The summed E-state index contributed by atoms with van der Waals surface area (Å²) in [5.74, 6) is 0. The maximum absolute atomic E-state index is 13.6. The highest BCUT2D eigenvalue weighted by atomic mass is 79.9. The van der Waals surface area contributed by atoms with Crippen molar-refractivity contribution in [1.29, 1.82) is 0 Å². The average molecular weight is 627 g/mol. The second-order valence-corrected chi connectivity index (χ2v) is 12.7. The normalized spacial score (nSPS) is 12.1. The minimum absolute atomic E-state index is 0.245. The van der Waals surface area contributed by atoms with Crippen LogP contribution in [0.2, 0.25) is 0 Å². The molecule has 0 saturated carbocycles. The number of hydrogen-bond acceptors (Lipinski definition) is 4. The van der Waals surface area contributed by atoms with Crippen molar-refractivity contribution in [2.45, 2.75) is 11.8 Å². The molecule has 0 fully saturated rings. The van der Waals surface area contributed by atoms with Gasteiger partial charge in [0.1, 0.15) is 5.01 Å². The highest BCUT2D eigenvalue weighted by Crippen LogP contribution is 2.39. The van der Waals surface area contributed by atoms with Crippen LogP contribution in [-0.2, 0) is 10.0 Å². The monoisotopic (exact) mass is 625 g/mol. The van der Waals surface area contributed by atoms with Crippen LogP contribution in [0.4, 0.5) is 0 Å². The number of fused-ring (bicyclic) bond motifs is 2. The van der Waals surface area contributed by atoms with Crippen molar-refractivity contribution in [2.75, 3.05) is 0 Å². The molecular weight excluding hydrogens is 610 g/mol. The number of aromatic nitrogens is 3. The maximum Gasteiger partial charge on any atom is 0.268 e. The number of thiazole rings is 1. The number of aryl methyl sites for hydroxylation is 1. The maximum atomic E-state index is 13.6. The molecule has 0 unspecified atom stereocenters. The predicted molar refractivity (Wildman–Crippen MR) is 150 cm³/mol. The Morgan fingerprint density at radius 3 is 2.57 bits per heavy atom. The van der Waals surface area contributed by atoms with Crippen LogP contribution in [0.25, 0.3) is 43.6 Å². The Hall–Kier alpha value is -2.72. The summed E-state index contributed by atoms with van der Waals surface area (Å²) in [5, 5.41) is 4.74. The fraction of sp³-hybridized carbons (Fsp3) is 0.0385. The second kappa shape index (κ2) is 8.44. The number of halogens is 2. The number of para-hydroxylation sites is 1. The van der Waals surface area contributed by atoms with Crippen molar-refractivity contribution in [3.63, 3.8) is 0 Å². The van der Waals surface area contributed by atoms with Gasteiger partial charge in [-0.3, -0.25) is 0 Å². The van der Waals surface area contributed by atoms with Crippen LogP contribution in [0.3, 0.4) is 0 Å². The molecule has 3 heterocycles. The van der Waals surface area contributed by atoms with Gasteiger partial charge in [-0.25, -0.2) is 17.4 Å². The first-order valence-electron chi connectivity index (χ1n) is 10.7. The van der Waals surface area contributed by atoms with Gasteiger partial charge in [-0.1, -0.05) is 51.8 Å². The van der Waals surface area contributed by atoms with E-state index in [1.165, 1.54) is 15.3 Å². The number of nitrogens with one attached hydrogen (secondary N) is 1. The van der Waals surface area contributed by atoms with Crippen molar-refractivity contribution in [3.05, 3.63) is 92.9 Å². The minimum atomic E-state index is -3.79. The first-order valence-corrected chi connectivity index (χ1v) is 14.6. The molecule has 6 aromatic rings. The van der Waals surface area contributed by atoms with E-state index in [4.69, 9.17) is 4.98 Å². The molecule has 0 aliphatic rings. The van der Waals surface area contributed by atoms with Gasteiger partial charge in [0.05, 0.1) is 21.6 Å². The summed E-state index contributed by atoms with van der Waals surface area (Å²) in [6, 6.07) is 18.6. The number of rotatable bonds is 4. The lowest BCUT2D eigenvalue weighted by atomic mass is 10.1. The van der Waals surface area contributed by atoms with Crippen LogP contribution in [0.15, 0.2) is 92.3 Å². The van der Waals surface area contributed by atoms with Gasteiger partial charge in [0, 0.05) is 48.6 Å². The zero-order valence-electron chi connectivity index (χ0n) is 18.3. The summed E-state index contributed by atoms with van der Waals surface area (Å²) >= 11 is 8.62. The van der Waals surface area contributed by atoms with E-state index in [0.29, 0.717) is 5.52 Å². The molecule has 174 valence electrons. The van der Waals surface area contributed by atoms with Gasteiger partial charge in [0.15, 0.2) is 0 Å². The first-order chi connectivity index (χ1) is 16.8. The Kier molecular flexibility index (Phi) is 5.48. The molecule has 1 N–H and O–H groups in total. The van der Waals surface area contributed by atoms with E-state index in [1.54, 1.807) is 18.3 Å². The lowest BCUT2D eigenvalue weighted by Gasteiger charge is -2.08. The van der Waals surface area contributed by atoms with E-state index in [2.05, 4.69) is 42.9 Å². The molecule has 0 amide bonds. The first kappa shape index (κ1) is 22.7. The Balaban J connectivity index is 1.52. The van der Waals surface area contributed by atoms with Crippen molar-refractivity contribution in [2.24, 2.45) is 0 Å².